The number of amides is 1. The lowest BCUT2D eigenvalue weighted by atomic mass is 10.2. The first kappa shape index (κ1) is 17.3. The molecule has 1 N–H and O–H groups in total. The molecule has 0 aliphatic rings. The third kappa shape index (κ3) is 5.60. The molecule has 0 bridgehead atoms. The zero-order chi connectivity index (χ0) is 17.0. The summed E-state index contributed by atoms with van der Waals surface area (Å²) in [5.74, 6) is 1.23. The summed E-state index contributed by atoms with van der Waals surface area (Å²) in [7, 11) is 0. The summed E-state index contributed by atoms with van der Waals surface area (Å²) in [5, 5.41) is 2.72. The molecule has 0 spiro atoms. The lowest BCUT2D eigenvalue weighted by Gasteiger charge is -2.20. The van der Waals surface area contributed by atoms with E-state index in [-0.39, 0.29) is 0 Å². The molecule has 0 heterocycles. The van der Waals surface area contributed by atoms with E-state index >= 15 is 0 Å². The van der Waals surface area contributed by atoms with Gasteiger partial charge in [0, 0.05) is 4.47 Å². The minimum Gasteiger partial charge on any atom is -0.455 e. The van der Waals surface area contributed by atoms with Crippen LogP contribution >= 0.6 is 15.9 Å². The van der Waals surface area contributed by atoms with Gasteiger partial charge in [-0.2, -0.15) is 0 Å². The highest BCUT2D eigenvalue weighted by atomic mass is 79.9. The molecule has 0 aromatic heterocycles. The molecule has 0 unspecified atom stereocenters. The number of hydrogen-bond acceptors (Lipinski definition) is 3. The van der Waals surface area contributed by atoms with Gasteiger partial charge in [0.2, 0.25) is 0 Å². The number of carbonyl (C=O) groups is 1. The fourth-order valence-corrected chi connectivity index (χ4v) is 2.17. The average Bonchev–Trinajstić information content (AvgIpc) is 2.42. The number of rotatable bonds is 3. The maximum Gasteiger partial charge on any atom is 0.412 e. The molecule has 5 heteroatoms. The van der Waals surface area contributed by atoms with Crippen LogP contribution in [-0.4, -0.2) is 11.7 Å². The number of benzene rings is 2. The van der Waals surface area contributed by atoms with Gasteiger partial charge in [-0.05, 0) is 58.0 Å². The Balaban J connectivity index is 2.20. The molecule has 122 valence electrons. The fourth-order valence-electron chi connectivity index (χ4n) is 1.83. The van der Waals surface area contributed by atoms with Gasteiger partial charge in [0.05, 0.1) is 5.69 Å². The monoisotopic (exact) mass is 377 g/mol. The summed E-state index contributed by atoms with van der Waals surface area (Å²) in [6, 6.07) is 13.1. The molecule has 0 aliphatic heterocycles. The van der Waals surface area contributed by atoms with Gasteiger partial charge in [-0.1, -0.05) is 33.6 Å². The molecule has 0 radical (unpaired) electrons. The van der Waals surface area contributed by atoms with Gasteiger partial charge < -0.3 is 9.47 Å². The first-order valence-corrected chi connectivity index (χ1v) is 8.06. The van der Waals surface area contributed by atoms with Gasteiger partial charge in [-0.3, -0.25) is 5.32 Å². The van der Waals surface area contributed by atoms with Crippen molar-refractivity contribution < 1.29 is 14.3 Å². The summed E-state index contributed by atoms with van der Waals surface area (Å²) in [4.78, 5) is 12.0. The first-order valence-electron chi connectivity index (χ1n) is 7.27. The van der Waals surface area contributed by atoms with Gasteiger partial charge in [0.15, 0.2) is 5.75 Å². The highest BCUT2D eigenvalue weighted by Gasteiger charge is 2.18. The van der Waals surface area contributed by atoms with Crippen molar-refractivity contribution in [3.05, 3.63) is 52.5 Å². The summed E-state index contributed by atoms with van der Waals surface area (Å²) in [5.41, 5.74) is 1.14. The number of anilines is 1. The Labute approximate surface area is 144 Å². The molecular formula is C18H20BrNO3. The van der Waals surface area contributed by atoms with Crippen molar-refractivity contribution in [2.75, 3.05) is 5.32 Å². The van der Waals surface area contributed by atoms with Crippen LogP contribution in [0.5, 0.6) is 11.5 Å². The SMILES string of the molecule is Cc1ccc(Oc2cc(Br)ccc2NC(=O)OC(C)(C)C)cc1. The van der Waals surface area contributed by atoms with Crippen LogP contribution in [0.2, 0.25) is 0 Å². The van der Waals surface area contributed by atoms with E-state index in [2.05, 4.69) is 21.2 Å². The predicted octanol–water partition coefficient (Wildman–Crippen LogP) is 5.90. The summed E-state index contributed by atoms with van der Waals surface area (Å²) in [6.07, 6.45) is -0.520. The van der Waals surface area contributed by atoms with Crippen LogP contribution in [0.3, 0.4) is 0 Å². The molecule has 2 rings (SSSR count). The maximum absolute atomic E-state index is 12.0. The Hall–Kier alpha value is -2.01. The van der Waals surface area contributed by atoms with E-state index in [4.69, 9.17) is 9.47 Å². The van der Waals surface area contributed by atoms with Crippen LogP contribution in [-0.2, 0) is 4.74 Å². The van der Waals surface area contributed by atoms with Gasteiger partial charge in [-0.15, -0.1) is 0 Å². The number of carbonyl (C=O) groups excluding carboxylic acids is 1. The Morgan fingerprint density at radius 1 is 1.09 bits per heavy atom. The smallest absolute Gasteiger partial charge is 0.412 e. The van der Waals surface area contributed by atoms with Crippen LogP contribution in [0.15, 0.2) is 46.9 Å². The number of nitrogens with one attached hydrogen (secondary N) is 1. The number of aryl methyl sites for hydroxylation is 1. The predicted molar refractivity (Wildman–Crippen MR) is 95.3 cm³/mol. The van der Waals surface area contributed by atoms with Crippen LogP contribution in [0.1, 0.15) is 26.3 Å². The lowest BCUT2D eigenvalue weighted by molar-refractivity contribution is 0.0635. The third-order valence-corrected chi connectivity index (χ3v) is 3.32. The molecule has 0 aliphatic carbocycles. The quantitative estimate of drug-likeness (QED) is 0.724. The van der Waals surface area contributed by atoms with E-state index in [1.807, 2.05) is 58.0 Å². The number of hydrogen-bond donors (Lipinski definition) is 1. The topological polar surface area (TPSA) is 47.6 Å². The van der Waals surface area contributed by atoms with Crippen LogP contribution < -0.4 is 10.1 Å². The lowest BCUT2D eigenvalue weighted by Crippen LogP contribution is -2.27. The van der Waals surface area contributed by atoms with Crippen molar-refractivity contribution in [2.24, 2.45) is 0 Å². The maximum atomic E-state index is 12.0. The van der Waals surface area contributed by atoms with E-state index in [1.54, 1.807) is 12.1 Å². The highest BCUT2D eigenvalue weighted by molar-refractivity contribution is 9.10. The van der Waals surface area contributed by atoms with Gasteiger partial charge >= 0.3 is 6.09 Å². The third-order valence-electron chi connectivity index (χ3n) is 2.83. The minimum atomic E-state index is -0.558. The minimum absolute atomic E-state index is 0.520. The van der Waals surface area contributed by atoms with E-state index in [0.29, 0.717) is 17.2 Å². The molecular weight excluding hydrogens is 358 g/mol. The normalized spacial score (nSPS) is 11.0. The molecule has 2 aromatic carbocycles. The Kier molecular flexibility index (Phi) is 5.31. The largest absolute Gasteiger partial charge is 0.455 e. The standard InChI is InChI=1S/C18H20BrNO3/c1-12-5-8-14(9-6-12)22-16-11-13(19)7-10-15(16)20-17(21)23-18(2,3)4/h5-11H,1-4H3,(H,20,21). The molecule has 0 fully saturated rings. The van der Waals surface area contributed by atoms with E-state index in [1.165, 1.54) is 0 Å². The summed E-state index contributed by atoms with van der Waals surface area (Å²) in [6.45, 7) is 7.46. The van der Waals surface area contributed by atoms with Crippen molar-refractivity contribution in [3.63, 3.8) is 0 Å². The van der Waals surface area contributed by atoms with Crippen LogP contribution in [0, 0.1) is 6.92 Å². The fraction of sp³-hybridized carbons (Fsp3) is 0.278. The molecule has 0 saturated heterocycles. The molecule has 2 aromatic rings. The molecule has 0 atom stereocenters. The van der Waals surface area contributed by atoms with Crippen molar-refractivity contribution in [3.8, 4) is 11.5 Å². The zero-order valence-corrected chi connectivity index (χ0v) is 15.2. The highest BCUT2D eigenvalue weighted by Crippen LogP contribution is 2.32. The van der Waals surface area contributed by atoms with Crippen molar-refractivity contribution in [1.82, 2.24) is 0 Å². The number of halogens is 1. The van der Waals surface area contributed by atoms with Gasteiger partial charge in [-0.25, -0.2) is 4.79 Å². The first-order chi connectivity index (χ1) is 10.7. The van der Waals surface area contributed by atoms with Crippen LogP contribution in [0.4, 0.5) is 10.5 Å². The molecule has 4 nitrogen and oxygen atoms in total. The second-order valence-electron chi connectivity index (χ2n) is 6.18. The molecule has 23 heavy (non-hydrogen) atoms. The van der Waals surface area contributed by atoms with Gasteiger partial charge in [0.25, 0.3) is 0 Å². The Morgan fingerprint density at radius 2 is 1.74 bits per heavy atom. The van der Waals surface area contributed by atoms with Crippen molar-refractivity contribution in [1.29, 1.82) is 0 Å². The van der Waals surface area contributed by atoms with E-state index in [9.17, 15) is 4.79 Å². The van der Waals surface area contributed by atoms with Crippen LogP contribution in [0.25, 0.3) is 0 Å². The Bertz CT molecular complexity index is 690. The molecule has 1 amide bonds. The second-order valence-corrected chi connectivity index (χ2v) is 7.10. The summed E-state index contributed by atoms with van der Waals surface area (Å²) < 4.78 is 12.0. The molecule has 0 saturated carbocycles. The zero-order valence-electron chi connectivity index (χ0n) is 13.6. The Morgan fingerprint density at radius 3 is 2.35 bits per heavy atom. The summed E-state index contributed by atoms with van der Waals surface area (Å²) >= 11 is 3.41. The van der Waals surface area contributed by atoms with Gasteiger partial charge in [0.1, 0.15) is 11.4 Å². The van der Waals surface area contributed by atoms with Crippen molar-refractivity contribution >= 4 is 27.7 Å². The second kappa shape index (κ2) is 7.04. The van der Waals surface area contributed by atoms with E-state index in [0.717, 1.165) is 10.0 Å². The number of ether oxygens (including phenoxy) is 2. The average molecular weight is 378 g/mol. The van der Waals surface area contributed by atoms with E-state index < -0.39 is 11.7 Å². The van der Waals surface area contributed by atoms with Crippen molar-refractivity contribution in [2.45, 2.75) is 33.3 Å².